The number of piperidine rings is 1. The van der Waals surface area contributed by atoms with E-state index in [1.165, 1.54) is 32.1 Å². The minimum absolute atomic E-state index is 0.373. The van der Waals surface area contributed by atoms with Gasteiger partial charge in [0.15, 0.2) is 0 Å². The van der Waals surface area contributed by atoms with Crippen molar-refractivity contribution >= 4 is 5.78 Å². The van der Waals surface area contributed by atoms with Crippen molar-refractivity contribution in [1.82, 2.24) is 14.7 Å². The number of likely N-dealkylation sites (tertiary alicyclic amines) is 1. The van der Waals surface area contributed by atoms with E-state index in [1.807, 2.05) is 0 Å². The molecule has 1 saturated heterocycles. The molecule has 2 heterocycles. The molecule has 0 amide bonds. The van der Waals surface area contributed by atoms with Gasteiger partial charge < -0.3 is 0 Å². The molecule has 0 atom stereocenters. The molecule has 2 aliphatic rings. The Kier molecular flexibility index (Phi) is 3.97. The number of carbonyl (C=O) groups excluding carboxylic acids is 1. The second-order valence-corrected chi connectivity index (χ2v) is 5.93. The normalized spacial score (nSPS) is 22.8. The van der Waals surface area contributed by atoms with Gasteiger partial charge in [-0.05, 0) is 31.9 Å². The Morgan fingerprint density at radius 3 is 2.84 bits per heavy atom. The first-order valence-electron chi connectivity index (χ1n) is 7.59. The van der Waals surface area contributed by atoms with Gasteiger partial charge in [-0.25, -0.2) is 0 Å². The van der Waals surface area contributed by atoms with E-state index < -0.39 is 0 Å². The third-order valence-electron chi connectivity index (χ3n) is 4.33. The summed E-state index contributed by atoms with van der Waals surface area (Å²) < 4.78 is 2.15. The van der Waals surface area contributed by atoms with E-state index in [0.29, 0.717) is 18.4 Å². The smallest absolute Gasteiger partial charge is 0.146 e. The fourth-order valence-electron chi connectivity index (χ4n) is 3.28. The zero-order valence-corrected chi connectivity index (χ0v) is 11.6. The van der Waals surface area contributed by atoms with Gasteiger partial charge in [0.05, 0.1) is 18.3 Å². The van der Waals surface area contributed by atoms with Crippen LogP contribution < -0.4 is 0 Å². The molecule has 0 bridgehead atoms. The molecular weight excluding hydrogens is 238 g/mol. The van der Waals surface area contributed by atoms with Crippen LogP contribution in [0.1, 0.15) is 56.7 Å². The molecule has 0 unspecified atom stereocenters. The third kappa shape index (κ3) is 3.24. The topological polar surface area (TPSA) is 38.1 Å². The van der Waals surface area contributed by atoms with Gasteiger partial charge in [-0.1, -0.05) is 19.3 Å². The monoisotopic (exact) mass is 261 g/mol. The molecule has 19 heavy (non-hydrogen) atoms. The van der Waals surface area contributed by atoms with Crippen LogP contribution in [0.15, 0.2) is 12.3 Å². The van der Waals surface area contributed by atoms with E-state index in [4.69, 9.17) is 5.10 Å². The van der Waals surface area contributed by atoms with Gasteiger partial charge in [0.25, 0.3) is 0 Å². The summed E-state index contributed by atoms with van der Waals surface area (Å²) >= 11 is 0. The Morgan fingerprint density at radius 1 is 1.21 bits per heavy atom. The minimum Gasteiger partial charge on any atom is -0.298 e. The van der Waals surface area contributed by atoms with Crippen LogP contribution in [0.25, 0.3) is 0 Å². The number of carbonyl (C=O) groups is 1. The molecular formula is C15H23N3O. The summed E-state index contributed by atoms with van der Waals surface area (Å²) in [7, 11) is 0. The lowest BCUT2D eigenvalue weighted by Crippen LogP contribution is -2.35. The zero-order chi connectivity index (χ0) is 13.1. The average Bonchev–Trinajstić information content (AvgIpc) is 2.88. The summed E-state index contributed by atoms with van der Waals surface area (Å²) in [6.45, 7) is 2.46. The zero-order valence-electron chi connectivity index (χ0n) is 11.6. The highest BCUT2D eigenvalue weighted by atomic mass is 16.1. The van der Waals surface area contributed by atoms with Gasteiger partial charge in [0, 0.05) is 19.2 Å². The van der Waals surface area contributed by atoms with Crippen LogP contribution >= 0.6 is 0 Å². The van der Waals surface area contributed by atoms with Crippen molar-refractivity contribution < 1.29 is 4.79 Å². The average molecular weight is 261 g/mol. The fraction of sp³-hybridized carbons (Fsp3) is 0.733. The molecule has 4 nitrogen and oxygen atoms in total. The second kappa shape index (κ2) is 5.87. The lowest BCUT2D eigenvalue weighted by Gasteiger charge is -2.25. The number of hydrogen-bond donors (Lipinski definition) is 0. The van der Waals surface area contributed by atoms with Gasteiger partial charge in [-0.2, -0.15) is 5.10 Å². The molecule has 0 aromatic carbocycles. The fourth-order valence-corrected chi connectivity index (χ4v) is 3.28. The molecule has 1 saturated carbocycles. The SMILES string of the molecule is O=C1CCCN(Cc2ccn(C3CCCCC3)n2)C1. The summed E-state index contributed by atoms with van der Waals surface area (Å²) in [5.74, 6) is 0.373. The Hall–Kier alpha value is -1.16. The lowest BCUT2D eigenvalue weighted by atomic mass is 9.96. The predicted molar refractivity (Wildman–Crippen MR) is 73.9 cm³/mol. The van der Waals surface area contributed by atoms with Crippen LogP contribution in [0, 0.1) is 0 Å². The highest BCUT2D eigenvalue weighted by Crippen LogP contribution is 2.27. The molecule has 4 heteroatoms. The summed E-state index contributed by atoms with van der Waals surface area (Å²) in [5, 5.41) is 4.72. The summed E-state index contributed by atoms with van der Waals surface area (Å²) in [4.78, 5) is 13.7. The molecule has 104 valence electrons. The van der Waals surface area contributed by atoms with Gasteiger partial charge in [0.2, 0.25) is 0 Å². The van der Waals surface area contributed by atoms with Crippen LogP contribution in [-0.2, 0) is 11.3 Å². The van der Waals surface area contributed by atoms with Crippen LogP contribution in [0.4, 0.5) is 0 Å². The Bertz CT molecular complexity index is 434. The van der Waals surface area contributed by atoms with Crippen molar-refractivity contribution in [2.24, 2.45) is 0 Å². The number of ketones is 1. The Labute approximate surface area is 114 Å². The summed E-state index contributed by atoms with van der Waals surface area (Å²) in [5.41, 5.74) is 1.11. The molecule has 2 fully saturated rings. The summed E-state index contributed by atoms with van der Waals surface area (Å²) in [6.07, 6.45) is 10.5. The van der Waals surface area contributed by atoms with Crippen molar-refractivity contribution in [2.45, 2.75) is 57.5 Å². The van der Waals surface area contributed by atoms with Crippen molar-refractivity contribution in [1.29, 1.82) is 0 Å². The van der Waals surface area contributed by atoms with Gasteiger partial charge in [-0.15, -0.1) is 0 Å². The van der Waals surface area contributed by atoms with Gasteiger partial charge >= 0.3 is 0 Å². The maximum atomic E-state index is 11.4. The molecule has 1 aliphatic heterocycles. The highest BCUT2D eigenvalue weighted by molar-refractivity contribution is 5.81. The van der Waals surface area contributed by atoms with E-state index in [1.54, 1.807) is 0 Å². The highest BCUT2D eigenvalue weighted by Gasteiger charge is 2.19. The Morgan fingerprint density at radius 2 is 2.05 bits per heavy atom. The van der Waals surface area contributed by atoms with E-state index in [2.05, 4.69) is 21.8 Å². The Balaban J connectivity index is 1.59. The number of hydrogen-bond acceptors (Lipinski definition) is 3. The van der Waals surface area contributed by atoms with Crippen LogP contribution in [0.2, 0.25) is 0 Å². The predicted octanol–water partition coefficient (Wildman–Crippen LogP) is 2.55. The number of aromatic nitrogens is 2. The minimum atomic E-state index is 0.373. The first-order valence-corrected chi connectivity index (χ1v) is 7.59. The molecule has 3 rings (SSSR count). The maximum absolute atomic E-state index is 11.4. The van der Waals surface area contributed by atoms with Crippen LogP contribution in [0.3, 0.4) is 0 Å². The van der Waals surface area contributed by atoms with E-state index in [-0.39, 0.29) is 0 Å². The maximum Gasteiger partial charge on any atom is 0.146 e. The summed E-state index contributed by atoms with van der Waals surface area (Å²) in [6, 6.07) is 2.72. The van der Waals surface area contributed by atoms with Crippen molar-refractivity contribution in [3.63, 3.8) is 0 Å². The molecule has 1 aromatic heterocycles. The number of Topliss-reactive ketones (excluding diaryl/α,β-unsaturated/α-hetero) is 1. The first-order chi connectivity index (χ1) is 9.31. The standard InChI is InChI=1S/C15H23N3O/c19-15-7-4-9-17(12-15)11-13-8-10-18(16-13)14-5-2-1-3-6-14/h8,10,14H,1-7,9,11-12H2. The molecule has 1 aromatic rings. The van der Waals surface area contributed by atoms with E-state index in [9.17, 15) is 4.79 Å². The van der Waals surface area contributed by atoms with Gasteiger partial charge in [0.1, 0.15) is 5.78 Å². The first kappa shape index (κ1) is 12.9. The molecule has 0 N–H and O–H groups in total. The van der Waals surface area contributed by atoms with Crippen molar-refractivity contribution in [3.8, 4) is 0 Å². The number of nitrogens with zero attached hydrogens (tertiary/aromatic N) is 3. The van der Waals surface area contributed by atoms with Gasteiger partial charge in [-0.3, -0.25) is 14.4 Å². The van der Waals surface area contributed by atoms with Crippen molar-refractivity contribution in [3.05, 3.63) is 18.0 Å². The van der Waals surface area contributed by atoms with Crippen LogP contribution in [-0.4, -0.2) is 33.6 Å². The quantitative estimate of drug-likeness (QED) is 0.839. The third-order valence-corrected chi connectivity index (χ3v) is 4.33. The van der Waals surface area contributed by atoms with E-state index >= 15 is 0 Å². The molecule has 0 radical (unpaired) electrons. The lowest BCUT2D eigenvalue weighted by molar-refractivity contribution is -0.122. The largest absolute Gasteiger partial charge is 0.298 e. The molecule has 1 aliphatic carbocycles. The molecule has 0 spiro atoms. The van der Waals surface area contributed by atoms with Crippen LogP contribution in [0.5, 0.6) is 0 Å². The second-order valence-electron chi connectivity index (χ2n) is 5.93. The van der Waals surface area contributed by atoms with Crippen molar-refractivity contribution in [2.75, 3.05) is 13.1 Å². The number of rotatable bonds is 3. The van der Waals surface area contributed by atoms with E-state index in [0.717, 1.165) is 31.6 Å².